The zero-order valence-electron chi connectivity index (χ0n) is 9.46. The second kappa shape index (κ2) is 5.21. The summed E-state index contributed by atoms with van der Waals surface area (Å²) >= 11 is 0. The standard InChI is InChI=1S/C13H12N2O2/c1-10-4-11(6-14-5-10)9-17-13-3-2-12(8-16)15-7-13/h2-8H,9H2,1H3. The van der Waals surface area contributed by atoms with Gasteiger partial charge in [-0.25, -0.2) is 4.98 Å². The van der Waals surface area contributed by atoms with Gasteiger partial charge in [-0.3, -0.25) is 9.78 Å². The Bertz CT molecular complexity index is 509. The zero-order chi connectivity index (χ0) is 12.1. The molecule has 0 N–H and O–H groups in total. The second-order valence-electron chi connectivity index (χ2n) is 3.70. The van der Waals surface area contributed by atoms with Crippen molar-refractivity contribution in [3.63, 3.8) is 0 Å². The Balaban J connectivity index is 1.99. The van der Waals surface area contributed by atoms with Gasteiger partial charge in [0.1, 0.15) is 18.1 Å². The molecule has 0 radical (unpaired) electrons. The molecule has 2 aromatic heterocycles. The van der Waals surface area contributed by atoms with Gasteiger partial charge in [-0.15, -0.1) is 0 Å². The third kappa shape index (κ3) is 3.11. The Labute approximate surface area is 99.3 Å². The number of hydrogen-bond acceptors (Lipinski definition) is 4. The van der Waals surface area contributed by atoms with Crippen molar-refractivity contribution >= 4 is 6.29 Å². The van der Waals surface area contributed by atoms with E-state index >= 15 is 0 Å². The molecule has 0 saturated carbocycles. The maximum Gasteiger partial charge on any atom is 0.168 e. The van der Waals surface area contributed by atoms with Crippen molar-refractivity contribution in [1.82, 2.24) is 9.97 Å². The Hall–Kier alpha value is -2.23. The number of rotatable bonds is 4. The van der Waals surface area contributed by atoms with Gasteiger partial charge in [0.15, 0.2) is 6.29 Å². The molecule has 0 unspecified atom stereocenters. The number of aromatic nitrogens is 2. The van der Waals surface area contributed by atoms with Gasteiger partial charge >= 0.3 is 0 Å². The number of carbonyl (C=O) groups is 1. The number of hydrogen-bond donors (Lipinski definition) is 0. The van der Waals surface area contributed by atoms with Crippen LogP contribution in [0.1, 0.15) is 21.6 Å². The van der Waals surface area contributed by atoms with Crippen LogP contribution in [-0.2, 0) is 6.61 Å². The van der Waals surface area contributed by atoms with Crippen molar-refractivity contribution in [3.8, 4) is 5.75 Å². The number of ether oxygens (including phenoxy) is 1. The highest BCUT2D eigenvalue weighted by molar-refractivity contribution is 5.71. The molecule has 86 valence electrons. The zero-order valence-corrected chi connectivity index (χ0v) is 9.46. The van der Waals surface area contributed by atoms with Gasteiger partial charge in [0.2, 0.25) is 0 Å². The van der Waals surface area contributed by atoms with Crippen LogP contribution in [0.4, 0.5) is 0 Å². The highest BCUT2D eigenvalue weighted by atomic mass is 16.5. The summed E-state index contributed by atoms with van der Waals surface area (Å²) in [4.78, 5) is 18.4. The number of carbonyl (C=O) groups excluding carboxylic acids is 1. The topological polar surface area (TPSA) is 52.1 Å². The highest BCUT2D eigenvalue weighted by Gasteiger charge is 1.98. The smallest absolute Gasteiger partial charge is 0.168 e. The van der Waals surface area contributed by atoms with Crippen molar-refractivity contribution in [3.05, 3.63) is 53.6 Å². The summed E-state index contributed by atoms with van der Waals surface area (Å²) in [5.41, 5.74) is 2.50. The molecule has 4 nitrogen and oxygen atoms in total. The van der Waals surface area contributed by atoms with Gasteiger partial charge in [-0.1, -0.05) is 0 Å². The van der Waals surface area contributed by atoms with Gasteiger partial charge < -0.3 is 4.74 Å². The first-order valence-corrected chi connectivity index (χ1v) is 5.22. The van der Waals surface area contributed by atoms with E-state index in [2.05, 4.69) is 9.97 Å². The predicted octanol–water partition coefficient (Wildman–Crippen LogP) is 2.18. The van der Waals surface area contributed by atoms with E-state index in [1.54, 1.807) is 24.5 Å². The van der Waals surface area contributed by atoms with E-state index in [0.717, 1.165) is 11.1 Å². The number of aryl methyl sites for hydroxylation is 1. The minimum absolute atomic E-state index is 0.398. The number of nitrogens with zero attached hydrogens (tertiary/aromatic N) is 2. The quantitative estimate of drug-likeness (QED) is 0.752. The van der Waals surface area contributed by atoms with E-state index in [9.17, 15) is 4.79 Å². The SMILES string of the molecule is Cc1cncc(COc2ccc(C=O)nc2)c1. The lowest BCUT2D eigenvalue weighted by atomic mass is 10.2. The molecule has 0 aliphatic heterocycles. The summed E-state index contributed by atoms with van der Waals surface area (Å²) in [5.74, 6) is 0.636. The molecule has 0 amide bonds. The van der Waals surface area contributed by atoms with Gasteiger partial charge in [-0.05, 0) is 30.7 Å². The van der Waals surface area contributed by atoms with E-state index in [1.807, 2.05) is 13.0 Å². The fourth-order valence-electron chi connectivity index (χ4n) is 1.41. The van der Waals surface area contributed by atoms with Crippen LogP contribution in [0.2, 0.25) is 0 Å². The molecular weight excluding hydrogens is 216 g/mol. The van der Waals surface area contributed by atoms with Gasteiger partial charge in [-0.2, -0.15) is 0 Å². The minimum atomic E-state index is 0.398. The first-order chi connectivity index (χ1) is 8.28. The van der Waals surface area contributed by atoms with Gasteiger partial charge in [0.05, 0.1) is 6.20 Å². The lowest BCUT2D eigenvalue weighted by molar-refractivity contribution is 0.111. The van der Waals surface area contributed by atoms with Crippen LogP contribution in [0.5, 0.6) is 5.75 Å². The van der Waals surface area contributed by atoms with Crippen molar-refractivity contribution in [2.24, 2.45) is 0 Å². The Morgan fingerprint density at radius 2 is 2.18 bits per heavy atom. The van der Waals surface area contributed by atoms with Crippen LogP contribution in [0, 0.1) is 6.92 Å². The fourth-order valence-corrected chi connectivity index (χ4v) is 1.41. The van der Waals surface area contributed by atoms with Crippen molar-refractivity contribution in [2.45, 2.75) is 13.5 Å². The number of pyridine rings is 2. The van der Waals surface area contributed by atoms with Crippen molar-refractivity contribution in [2.75, 3.05) is 0 Å². The maximum atomic E-state index is 10.4. The van der Waals surface area contributed by atoms with Crippen LogP contribution >= 0.6 is 0 Å². The summed E-state index contributed by atoms with van der Waals surface area (Å²) < 4.78 is 5.53. The highest BCUT2D eigenvalue weighted by Crippen LogP contribution is 2.11. The second-order valence-corrected chi connectivity index (χ2v) is 3.70. The first-order valence-electron chi connectivity index (χ1n) is 5.22. The summed E-state index contributed by atoms with van der Waals surface area (Å²) in [5, 5.41) is 0. The molecule has 2 heterocycles. The van der Waals surface area contributed by atoms with Crippen LogP contribution in [0.15, 0.2) is 36.8 Å². The van der Waals surface area contributed by atoms with Crippen molar-refractivity contribution < 1.29 is 9.53 Å². The molecule has 4 heteroatoms. The summed E-state index contributed by atoms with van der Waals surface area (Å²) in [6.07, 6.45) is 5.80. The van der Waals surface area contributed by atoms with E-state index in [0.29, 0.717) is 24.3 Å². The largest absolute Gasteiger partial charge is 0.487 e. The lowest BCUT2D eigenvalue weighted by Gasteiger charge is -2.05. The molecule has 0 aromatic carbocycles. The molecule has 0 aliphatic carbocycles. The normalized spacial score (nSPS) is 9.94. The Morgan fingerprint density at radius 3 is 2.82 bits per heavy atom. The van der Waals surface area contributed by atoms with Crippen LogP contribution in [0.25, 0.3) is 0 Å². The molecule has 2 aromatic rings. The van der Waals surface area contributed by atoms with Gasteiger partial charge in [0.25, 0.3) is 0 Å². The maximum absolute atomic E-state index is 10.4. The molecule has 0 aliphatic rings. The average Bonchev–Trinajstić information content (AvgIpc) is 2.37. The molecule has 0 spiro atoms. The summed E-state index contributed by atoms with van der Waals surface area (Å²) in [6.45, 7) is 2.42. The van der Waals surface area contributed by atoms with Crippen LogP contribution in [0.3, 0.4) is 0 Å². The fraction of sp³-hybridized carbons (Fsp3) is 0.154. The van der Waals surface area contributed by atoms with Crippen LogP contribution < -0.4 is 4.74 Å². The first kappa shape index (κ1) is 11.3. The number of aldehydes is 1. The predicted molar refractivity (Wildman–Crippen MR) is 62.9 cm³/mol. The van der Waals surface area contributed by atoms with E-state index in [-0.39, 0.29) is 0 Å². The average molecular weight is 228 g/mol. The lowest BCUT2D eigenvalue weighted by Crippen LogP contribution is -1.97. The molecular formula is C13H12N2O2. The summed E-state index contributed by atoms with van der Waals surface area (Å²) in [7, 11) is 0. The van der Waals surface area contributed by atoms with E-state index in [1.165, 1.54) is 6.20 Å². The third-order valence-electron chi connectivity index (χ3n) is 2.22. The van der Waals surface area contributed by atoms with Gasteiger partial charge in [0, 0.05) is 18.0 Å². The third-order valence-corrected chi connectivity index (χ3v) is 2.22. The molecule has 0 bridgehead atoms. The molecule has 0 atom stereocenters. The van der Waals surface area contributed by atoms with Crippen molar-refractivity contribution in [1.29, 1.82) is 0 Å². The Kier molecular flexibility index (Phi) is 3.45. The van der Waals surface area contributed by atoms with E-state index < -0.39 is 0 Å². The van der Waals surface area contributed by atoms with Crippen LogP contribution in [-0.4, -0.2) is 16.3 Å². The summed E-state index contributed by atoms with van der Waals surface area (Å²) in [6, 6.07) is 5.36. The molecule has 2 rings (SSSR count). The molecule has 17 heavy (non-hydrogen) atoms. The molecule has 0 saturated heterocycles. The van der Waals surface area contributed by atoms with E-state index in [4.69, 9.17) is 4.74 Å². The molecule has 0 fully saturated rings. The minimum Gasteiger partial charge on any atom is -0.487 e. The monoisotopic (exact) mass is 228 g/mol. The Morgan fingerprint density at radius 1 is 1.29 bits per heavy atom.